The van der Waals surface area contributed by atoms with E-state index >= 15 is 0 Å². The van der Waals surface area contributed by atoms with Gasteiger partial charge in [-0.15, -0.1) is 0 Å². The molecular weight excluding hydrogens is 416 g/mol. The number of hydrogen-bond donors (Lipinski definition) is 1. The van der Waals surface area contributed by atoms with Gasteiger partial charge in [-0.2, -0.15) is 0 Å². The number of likely N-dealkylation sites (tertiary alicyclic amines) is 1. The molecule has 7 nitrogen and oxygen atoms in total. The van der Waals surface area contributed by atoms with E-state index in [1.807, 2.05) is 18.7 Å². The monoisotopic (exact) mass is 445 g/mol. The molecule has 1 N–H and O–H groups in total. The highest BCUT2D eigenvalue weighted by Crippen LogP contribution is 2.22. The predicted molar refractivity (Wildman–Crippen MR) is 119 cm³/mol. The molecule has 1 aromatic heterocycles. The summed E-state index contributed by atoms with van der Waals surface area (Å²) in [7, 11) is 1.74. The van der Waals surface area contributed by atoms with E-state index in [9.17, 15) is 18.4 Å². The summed E-state index contributed by atoms with van der Waals surface area (Å²) >= 11 is 0. The fourth-order valence-corrected chi connectivity index (χ4v) is 3.86. The maximum Gasteiger partial charge on any atom is 0.321 e. The summed E-state index contributed by atoms with van der Waals surface area (Å²) in [6.07, 6.45) is 2.87. The van der Waals surface area contributed by atoms with E-state index in [4.69, 9.17) is 0 Å². The zero-order valence-electron chi connectivity index (χ0n) is 18.6. The van der Waals surface area contributed by atoms with Crippen molar-refractivity contribution in [2.24, 2.45) is 0 Å². The van der Waals surface area contributed by atoms with Crippen molar-refractivity contribution in [1.29, 1.82) is 0 Å². The van der Waals surface area contributed by atoms with Crippen molar-refractivity contribution in [3.63, 3.8) is 0 Å². The predicted octanol–water partition coefficient (Wildman–Crippen LogP) is 4.42. The lowest BCUT2D eigenvalue weighted by Gasteiger charge is -2.38. The molecule has 9 heteroatoms. The number of halogens is 2. The van der Waals surface area contributed by atoms with Crippen LogP contribution < -0.4 is 5.32 Å². The quantitative estimate of drug-likeness (QED) is 0.741. The highest BCUT2D eigenvalue weighted by molar-refractivity contribution is 5.89. The van der Waals surface area contributed by atoms with Crippen molar-refractivity contribution in [1.82, 2.24) is 19.7 Å². The van der Waals surface area contributed by atoms with Crippen molar-refractivity contribution in [2.75, 3.05) is 38.5 Å². The van der Waals surface area contributed by atoms with E-state index in [2.05, 4.69) is 10.3 Å². The zero-order valence-corrected chi connectivity index (χ0v) is 18.6. The third kappa shape index (κ3) is 5.52. The number of nitrogens with one attached hydrogen (secondary N) is 1. The van der Waals surface area contributed by atoms with Crippen molar-refractivity contribution >= 4 is 17.7 Å². The summed E-state index contributed by atoms with van der Waals surface area (Å²) in [4.78, 5) is 34.6. The van der Waals surface area contributed by atoms with Gasteiger partial charge >= 0.3 is 12.1 Å². The van der Waals surface area contributed by atoms with Crippen LogP contribution in [0.5, 0.6) is 0 Å². The first-order chi connectivity index (χ1) is 15.3. The van der Waals surface area contributed by atoms with E-state index in [-0.39, 0.29) is 18.1 Å². The third-order valence-corrected chi connectivity index (χ3v) is 5.81. The van der Waals surface area contributed by atoms with Gasteiger partial charge in [-0.25, -0.2) is 18.4 Å². The van der Waals surface area contributed by atoms with E-state index < -0.39 is 11.6 Å². The summed E-state index contributed by atoms with van der Waals surface area (Å²) < 4.78 is 26.8. The number of hydrogen-bond acceptors (Lipinski definition) is 3. The molecule has 0 spiro atoms. The normalized spacial score (nSPS) is 14.2. The van der Waals surface area contributed by atoms with Gasteiger partial charge in [0.05, 0.1) is 17.6 Å². The fourth-order valence-electron chi connectivity index (χ4n) is 3.86. The minimum absolute atomic E-state index is 0.0262. The average Bonchev–Trinajstić information content (AvgIpc) is 2.79. The number of urea groups is 2. The molecule has 2 aromatic rings. The number of pyridine rings is 1. The third-order valence-electron chi connectivity index (χ3n) is 5.81. The molecule has 1 aliphatic heterocycles. The number of carbonyl (C=O) groups is 2. The maximum absolute atomic E-state index is 13.4. The van der Waals surface area contributed by atoms with E-state index in [0.29, 0.717) is 56.0 Å². The summed E-state index contributed by atoms with van der Waals surface area (Å²) in [5.41, 5.74) is 1.21. The second kappa shape index (κ2) is 10.4. The van der Waals surface area contributed by atoms with Crippen LogP contribution in [0.3, 0.4) is 0 Å². The Morgan fingerprint density at radius 2 is 1.72 bits per heavy atom. The average molecular weight is 446 g/mol. The molecule has 0 saturated carbocycles. The number of amides is 4. The molecule has 0 bridgehead atoms. The number of piperidine rings is 1. The second-order valence-electron chi connectivity index (χ2n) is 7.80. The molecule has 1 fully saturated rings. The van der Waals surface area contributed by atoms with Gasteiger partial charge in [0, 0.05) is 50.9 Å². The Labute approximate surface area is 187 Å². The van der Waals surface area contributed by atoms with Crippen LogP contribution in [-0.2, 0) is 0 Å². The van der Waals surface area contributed by atoms with Gasteiger partial charge in [-0.05, 0) is 51.0 Å². The number of anilines is 1. The molecule has 0 atom stereocenters. The SMILES string of the molecule is CCN(CC)C(=O)N1CCC(N(C)C(=O)Nc2ccc(-c3cc(F)cc(F)c3)nc2)CC1. The summed E-state index contributed by atoms with van der Waals surface area (Å²) in [6, 6.07) is 6.25. The highest BCUT2D eigenvalue weighted by atomic mass is 19.1. The molecule has 4 amide bonds. The van der Waals surface area contributed by atoms with Crippen LogP contribution >= 0.6 is 0 Å². The fraction of sp³-hybridized carbons (Fsp3) is 0.435. The van der Waals surface area contributed by atoms with E-state index in [1.165, 1.54) is 18.3 Å². The first-order valence-electron chi connectivity index (χ1n) is 10.8. The topological polar surface area (TPSA) is 68.8 Å². The molecule has 0 radical (unpaired) electrons. The van der Waals surface area contributed by atoms with Crippen LogP contribution in [0, 0.1) is 11.6 Å². The van der Waals surface area contributed by atoms with Crippen molar-refractivity contribution in [3.8, 4) is 11.3 Å². The van der Waals surface area contributed by atoms with Crippen LogP contribution in [0.2, 0.25) is 0 Å². The largest absolute Gasteiger partial charge is 0.325 e. The molecule has 1 aromatic carbocycles. The Bertz CT molecular complexity index is 922. The van der Waals surface area contributed by atoms with Gasteiger partial charge in [0.15, 0.2) is 0 Å². The molecule has 1 aliphatic rings. The van der Waals surface area contributed by atoms with Gasteiger partial charge in [-0.1, -0.05) is 0 Å². The van der Waals surface area contributed by atoms with Gasteiger partial charge in [0.1, 0.15) is 11.6 Å². The number of carbonyl (C=O) groups excluding carboxylic acids is 2. The lowest BCUT2D eigenvalue weighted by atomic mass is 10.0. The molecule has 1 saturated heterocycles. The number of aromatic nitrogens is 1. The van der Waals surface area contributed by atoms with E-state index in [0.717, 1.165) is 6.07 Å². The lowest BCUT2D eigenvalue weighted by molar-refractivity contribution is 0.123. The molecule has 172 valence electrons. The highest BCUT2D eigenvalue weighted by Gasteiger charge is 2.29. The van der Waals surface area contributed by atoms with Crippen molar-refractivity contribution in [2.45, 2.75) is 32.7 Å². The number of rotatable bonds is 5. The second-order valence-corrected chi connectivity index (χ2v) is 7.80. The van der Waals surface area contributed by atoms with Crippen LogP contribution in [0.4, 0.5) is 24.1 Å². The number of nitrogens with zero attached hydrogens (tertiary/aromatic N) is 4. The van der Waals surface area contributed by atoms with Gasteiger partial charge in [0.25, 0.3) is 0 Å². The molecular formula is C23H29F2N5O2. The lowest BCUT2D eigenvalue weighted by Crippen LogP contribution is -2.51. The molecule has 2 heterocycles. The molecule has 0 unspecified atom stereocenters. The van der Waals surface area contributed by atoms with Gasteiger partial charge < -0.3 is 20.0 Å². The smallest absolute Gasteiger partial charge is 0.321 e. The molecule has 3 rings (SSSR count). The van der Waals surface area contributed by atoms with Crippen molar-refractivity contribution < 1.29 is 18.4 Å². The first-order valence-corrected chi connectivity index (χ1v) is 10.8. The van der Waals surface area contributed by atoms with Gasteiger partial charge in [-0.3, -0.25) is 4.98 Å². The minimum Gasteiger partial charge on any atom is -0.325 e. The molecule has 32 heavy (non-hydrogen) atoms. The maximum atomic E-state index is 13.4. The summed E-state index contributed by atoms with van der Waals surface area (Å²) in [6.45, 7) is 6.50. The molecule has 0 aliphatic carbocycles. The van der Waals surface area contributed by atoms with Crippen LogP contribution in [0.25, 0.3) is 11.3 Å². The first kappa shape index (κ1) is 23.4. The van der Waals surface area contributed by atoms with Crippen LogP contribution in [0.15, 0.2) is 36.5 Å². The van der Waals surface area contributed by atoms with E-state index in [1.54, 1.807) is 29.0 Å². The Kier molecular flexibility index (Phi) is 7.61. The van der Waals surface area contributed by atoms with Crippen molar-refractivity contribution in [3.05, 3.63) is 48.2 Å². The van der Waals surface area contributed by atoms with Crippen LogP contribution in [0.1, 0.15) is 26.7 Å². The Hall–Kier alpha value is -3.23. The zero-order chi connectivity index (χ0) is 23.3. The Morgan fingerprint density at radius 1 is 1.09 bits per heavy atom. The Balaban J connectivity index is 1.55. The summed E-state index contributed by atoms with van der Waals surface area (Å²) in [5, 5.41) is 2.80. The Morgan fingerprint density at radius 3 is 2.25 bits per heavy atom. The van der Waals surface area contributed by atoms with Crippen LogP contribution in [-0.4, -0.2) is 71.0 Å². The number of benzene rings is 1. The van der Waals surface area contributed by atoms with Gasteiger partial charge in [0.2, 0.25) is 0 Å². The minimum atomic E-state index is -0.675. The standard InChI is InChI=1S/C23H29F2N5O2/c1-4-29(5-2)23(32)30-10-8-20(9-11-30)28(3)22(31)27-19-6-7-21(26-15-19)16-12-17(24)14-18(25)13-16/h6-7,12-15,20H,4-5,8-11H2,1-3H3,(H,27,31). The summed E-state index contributed by atoms with van der Waals surface area (Å²) in [5.74, 6) is -1.35.